The molecule has 1 aromatic heterocycles. The zero-order chi connectivity index (χ0) is 12.3. The van der Waals surface area contributed by atoms with Gasteiger partial charge in [0.25, 0.3) is 0 Å². The third kappa shape index (κ3) is 2.67. The predicted molar refractivity (Wildman–Crippen MR) is 52.8 cm³/mol. The van der Waals surface area contributed by atoms with Gasteiger partial charge in [-0.3, -0.25) is 4.79 Å². The number of hydrogen-bond acceptors (Lipinski definition) is 6. The minimum atomic E-state index is -1.54. The van der Waals surface area contributed by atoms with Crippen LogP contribution in [0.15, 0.2) is 16.7 Å². The number of aliphatic hydroxyl groups is 4. The lowest BCUT2D eigenvalue weighted by molar-refractivity contribution is -0.0778. The Kier molecular flexibility index (Phi) is 4.19. The number of hydrogen-bond donors (Lipinski definition) is 4. The van der Waals surface area contributed by atoms with Crippen molar-refractivity contribution in [2.45, 2.75) is 25.2 Å². The van der Waals surface area contributed by atoms with Crippen molar-refractivity contribution in [2.24, 2.45) is 0 Å². The number of Topliss-reactive ketones (excluding diaryl/α,β-unsaturated/α-hetero) is 1. The Morgan fingerprint density at radius 2 is 2.06 bits per heavy atom. The van der Waals surface area contributed by atoms with E-state index in [0.717, 1.165) is 6.26 Å². The summed E-state index contributed by atoms with van der Waals surface area (Å²) in [6, 6.07) is 1.28. The smallest absolute Gasteiger partial charge is 0.194 e. The first-order valence-electron chi connectivity index (χ1n) is 4.71. The molecule has 0 aromatic carbocycles. The minimum Gasteiger partial charge on any atom is -0.461 e. The van der Waals surface area contributed by atoms with Crippen LogP contribution >= 0.6 is 0 Å². The molecule has 1 rings (SSSR count). The molecule has 6 heteroatoms. The summed E-state index contributed by atoms with van der Waals surface area (Å²) in [6.07, 6.45) is -3.29. The van der Waals surface area contributed by atoms with Gasteiger partial charge in [-0.2, -0.15) is 0 Å². The summed E-state index contributed by atoms with van der Waals surface area (Å²) in [5, 5.41) is 36.7. The molecule has 0 bridgehead atoms. The van der Waals surface area contributed by atoms with Gasteiger partial charge in [-0.25, -0.2) is 0 Å². The number of carbonyl (C=O) groups excluding carboxylic acids is 1. The fourth-order valence-electron chi connectivity index (χ4n) is 1.21. The van der Waals surface area contributed by atoms with Gasteiger partial charge in [0, 0.05) is 12.5 Å². The zero-order valence-corrected chi connectivity index (χ0v) is 8.70. The van der Waals surface area contributed by atoms with Crippen LogP contribution in [0.4, 0.5) is 0 Å². The van der Waals surface area contributed by atoms with E-state index in [1.165, 1.54) is 13.0 Å². The van der Waals surface area contributed by atoms with Gasteiger partial charge in [0.15, 0.2) is 11.5 Å². The molecule has 0 fully saturated rings. The largest absolute Gasteiger partial charge is 0.461 e. The van der Waals surface area contributed by atoms with Gasteiger partial charge in [-0.15, -0.1) is 0 Å². The van der Waals surface area contributed by atoms with E-state index in [1.54, 1.807) is 0 Å². The quantitative estimate of drug-likeness (QED) is 0.494. The Labute approximate surface area is 91.8 Å². The minimum absolute atomic E-state index is 0.0553. The van der Waals surface area contributed by atoms with Crippen LogP contribution in [0.2, 0.25) is 0 Å². The number of aliphatic hydroxyl groups excluding tert-OH is 4. The highest BCUT2D eigenvalue weighted by Crippen LogP contribution is 2.21. The Balaban J connectivity index is 2.79. The molecule has 0 spiro atoms. The predicted octanol–water partition coefficient (Wildman–Crippen LogP) is -0.770. The Morgan fingerprint density at radius 1 is 1.44 bits per heavy atom. The van der Waals surface area contributed by atoms with Crippen molar-refractivity contribution in [3.8, 4) is 0 Å². The topological polar surface area (TPSA) is 111 Å². The summed E-state index contributed by atoms with van der Waals surface area (Å²) in [7, 11) is 0. The molecule has 0 aliphatic carbocycles. The van der Waals surface area contributed by atoms with Crippen molar-refractivity contribution in [1.82, 2.24) is 0 Å². The van der Waals surface area contributed by atoms with E-state index < -0.39 is 24.9 Å². The summed E-state index contributed by atoms with van der Waals surface area (Å²) >= 11 is 0. The lowest BCUT2D eigenvalue weighted by Crippen LogP contribution is -2.34. The van der Waals surface area contributed by atoms with Crippen molar-refractivity contribution >= 4 is 5.78 Å². The van der Waals surface area contributed by atoms with Gasteiger partial charge >= 0.3 is 0 Å². The van der Waals surface area contributed by atoms with Gasteiger partial charge < -0.3 is 24.8 Å². The summed E-state index contributed by atoms with van der Waals surface area (Å²) in [6.45, 7) is 0.629. The van der Waals surface area contributed by atoms with Crippen molar-refractivity contribution in [3.05, 3.63) is 23.7 Å². The molecule has 16 heavy (non-hydrogen) atoms. The third-order valence-electron chi connectivity index (χ3n) is 2.21. The maximum absolute atomic E-state index is 10.9. The van der Waals surface area contributed by atoms with E-state index in [2.05, 4.69) is 0 Å². The van der Waals surface area contributed by atoms with E-state index in [1.807, 2.05) is 0 Å². The molecule has 3 unspecified atom stereocenters. The molecule has 0 saturated carbocycles. The van der Waals surface area contributed by atoms with Gasteiger partial charge in [-0.1, -0.05) is 0 Å². The van der Waals surface area contributed by atoms with Crippen LogP contribution in [0.3, 0.4) is 0 Å². The van der Waals surface area contributed by atoms with Crippen molar-refractivity contribution in [3.63, 3.8) is 0 Å². The van der Waals surface area contributed by atoms with Crippen LogP contribution < -0.4 is 0 Å². The van der Waals surface area contributed by atoms with Crippen molar-refractivity contribution < 1.29 is 29.6 Å². The molecule has 90 valence electrons. The van der Waals surface area contributed by atoms with Gasteiger partial charge in [-0.05, 0) is 6.07 Å². The molecular formula is C10H14O6. The second-order valence-electron chi connectivity index (χ2n) is 3.49. The molecule has 0 aliphatic rings. The Hall–Kier alpha value is -1.21. The summed E-state index contributed by atoms with van der Waals surface area (Å²) in [5.41, 5.74) is 0.171. The van der Waals surface area contributed by atoms with Crippen molar-refractivity contribution in [2.75, 3.05) is 6.61 Å². The first-order valence-corrected chi connectivity index (χ1v) is 4.71. The fourth-order valence-corrected chi connectivity index (χ4v) is 1.21. The summed E-state index contributed by atoms with van der Waals surface area (Å²) < 4.78 is 4.85. The average molecular weight is 230 g/mol. The molecule has 6 nitrogen and oxygen atoms in total. The highest BCUT2D eigenvalue weighted by atomic mass is 16.4. The van der Waals surface area contributed by atoms with Crippen LogP contribution in [0.1, 0.15) is 29.1 Å². The molecule has 1 heterocycles. The van der Waals surface area contributed by atoms with Crippen LogP contribution in [-0.2, 0) is 0 Å². The van der Waals surface area contributed by atoms with E-state index in [4.69, 9.17) is 14.6 Å². The lowest BCUT2D eigenvalue weighted by Gasteiger charge is -2.20. The Bertz CT molecular complexity index is 358. The number of ketones is 1. The summed E-state index contributed by atoms with van der Waals surface area (Å²) in [4.78, 5) is 10.9. The van der Waals surface area contributed by atoms with Crippen LogP contribution in [-0.4, -0.2) is 45.0 Å². The molecule has 0 saturated heterocycles. The van der Waals surface area contributed by atoms with Gasteiger partial charge in [0.1, 0.15) is 18.3 Å². The molecule has 0 aliphatic heterocycles. The van der Waals surface area contributed by atoms with E-state index in [9.17, 15) is 15.0 Å². The normalized spacial score (nSPS) is 16.8. The number of rotatable bonds is 5. The van der Waals surface area contributed by atoms with Gasteiger partial charge in [0.2, 0.25) is 0 Å². The number of carbonyl (C=O) groups is 1. The molecule has 0 radical (unpaired) electrons. The monoisotopic (exact) mass is 230 g/mol. The highest BCUT2D eigenvalue weighted by molar-refractivity contribution is 5.91. The van der Waals surface area contributed by atoms with Crippen LogP contribution in [0.5, 0.6) is 0 Å². The van der Waals surface area contributed by atoms with Crippen LogP contribution in [0.25, 0.3) is 0 Å². The first-order chi connectivity index (χ1) is 7.47. The maximum atomic E-state index is 10.9. The molecule has 4 N–H and O–H groups in total. The SMILES string of the molecule is CC(=O)c1cc(C(O)C(O)C(O)CO)co1. The molecule has 0 amide bonds. The van der Waals surface area contributed by atoms with Gasteiger partial charge in [0.05, 0.1) is 12.9 Å². The lowest BCUT2D eigenvalue weighted by atomic mass is 10.0. The number of furan rings is 1. The van der Waals surface area contributed by atoms with E-state index in [0.29, 0.717) is 0 Å². The van der Waals surface area contributed by atoms with E-state index >= 15 is 0 Å². The molecule has 3 atom stereocenters. The summed E-state index contributed by atoms with van der Waals surface area (Å²) in [5.74, 6) is -0.254. The second-order valence-corrected chi connectivity index (χ2v) is 3.49. The standard InChI is InChI=1S/C10H14O6/c1-5(12)8-2-6(4-16-8)9(14)10(15)7(13)3-11/h2,4,7,9-11,13-15H,3H2,1H3. The van der Waals surface area contributed by atoms with Crippen molar-refractivity contribution in [1.29, 1.82) is 0 Å². The second kappa shape index (κ2) is 5.22. The highest BCUT2D eigenvalue weighted by Gasteiger charge is 2.27. The molecular weight excluding hydrogens is 216 g/mol. The van der Waals surface area contributed by atoms with E-state index in [-0.39, 0.29) is 17.1 Å². The fraction of sp³-hybridized carbons (Fsp3) is 0.500. The first kappa shape index (κ1) is 12.9. The zero-order valence-electron chi connectivity index (χ0n) is 8.70. The third-order valence-corrected chi connectivity index (χ3v) is 2.21. The Morgan fingerprint density at radius 3 is 2.50 bits per heavy atom. The molecule has 1 aromatic rings. The maximum Gasteiger partial charge on any atom is 0.194 e. The average Bonchev–Trinajstić information content (AvgIpc) is 2.75. The van der Waals surface area contributed by atoms with Crippen LogP contribution in [0, 0.1) is 0 Å².